The van der Waals surface area contributed by atoms with Crippen LogP contribution < -0.4 is 5.32 Å². The van der Waals surface area contributed by atoms with Crippen LogP contribution in [0.25, 0.3) is 0 Å². The number of nitrogens with one attached hydrogen (secondary N) is 1. The highest BCUT2D eigenvalue weighted by Gasteiger charge is 2.41. The second kappa shape index (κ2) is 3.51. The topological polar surface area (TPSA) is 29.1 Å². The molecular formula is C6H5F3INO. The van der Waals surface area contributed by atoms with E-state index in [2.05, 4.69) is 0 Å². The summed E-state index contributed by atoms with van der Waals surface area (Å²) in [4.78, 5) is 10.3. The molecule has 0 saturated heterocycles. The summed E-state index contributed by atoms with van der Waals surface area (Å²) in [5.41, 5.74) is 0. The molecule has 0 heterocycles. The van der Waals surface area contributed by atoms with E-state index in [1.807, 2.05) is 5.92 Å². The Morgan fingerprint density at radius 2 is 2.00 bits per heavy atom. The molecule has 0 saturated carbocycles. The number of carbonyl (C=O) groups excluding carboxylic acids is 1. The van der Waals surface area contributed by atoms with Crippen LogP contribution in [-0.4, -0.2) is 15.6 Å². The second-order valence-electron chi connectivity index (χ2n) is 2.10. The molecule has 0 fully saturated rings. The Labute approximate surface area is 81.0 Å². The molecule has 1 atom stereocenters. The fourth-order valence-electron chi connectivity index (χ4n) is 0.320. The molecule has 0 aromatic heterocycles. The van der Waals surface area contributed by atoms with Crippen LogP contribution >= 0.6 is 22.6 Å². The molecular weight excluding hydrogens is 286 g/mol. The Morgan fingerprint density at radius 3 is 2.25 bits per heavy atom. The van der Waals surface area contributed by atoms with Crippen molar-refractivity contribution >= 4 is 28.5 Å². The van der Waals surface area contributed by atoms with Crippen molar-refractivity contribution in [3.05, 3.63) is 0 Å². The summed E-state index contributed by atoms with van der Waals surface area (Å²) in [6.07, 6.45) is -0.0273. The molecule has 6 heteroatoms. The smallest absolute Gasteiger partial charge is 0.324 e. The molecule has 0 aliphatic carbocycles. The normalized spacial score (nSPS) is 16.0. The maximum atomic E-state index is 11.6. The SMILES string of the molecule is C#CC(C)(I)NC(=O)C(F)(F)F. The van der Waals surface area contributed by atoms with E-state index in [1.165, 1.54) is 29.5 Å². The van der Waals surface area contributed by atoms with E-state index in [0.29, 0.717) is 0 Å². The van der Waals surface area contributed by atoms with Gasteiger partial charge < -0.3 is 5.32 Å². The summed E-state index contributed by atoms with van der Waals surface area (Å²) in [6, 6.07) is 0. The molecule has 1 unspecified atom stereocenters. The first-order valence-corrected chi connectivity index (χ1v) is 3.83. The molecule has 0 rings (SSSR count). The van der Waals surface area contributed by atoms with E-state index in [9.17, 15) is 18.0 Å². The third kappa shape index (κ3) is 3.80. The number of terminal acetylenes is 1. The van der Waals surface area contributed by atoms with Crippen molar-refractivity contribution < 1.29 is 18.0 Å². The summed E-state index contributed by atoms with van der Waals surface area (Å²) in [5, 5.41) is 1.63. The van der Waals surface area contributed by atoms with Gasteiger partial charge in [-0.1, -0.05) is 5.92 Å². The molecule has 0 aliphatic heterocycles. The molecule has 68 valence electrons. The first kappa shape index (κ1) is 11.6. The maximum absolute atomic E-state index is 11.6. The van der Waals surface area contributed by atoms with Gasteiger partial charge in [-0.3, -0.25) is 4.79 Å². The van der Waals surface area contributed by atoms with E-state index in [1.54, 1.807) is 5.32 Å². The molecule has 2 nitrogen and oxygen atoms in total. The van der Waals surface area contributed by atoms with Crippen LogP contribution in [0.2, 0.25) is 0 Å². The van der Waals surface area contributed by atoms with Gasteiger partial charge >= 0.3 is 12.1 Å². The zero-order chi connectivity index (χ0) is 9.99. The van der Waals surface area contributed by atoms with Crippen molar-refractivity contribution in [1.82, 2.24) is 5.32 Å². The lowest BCUT2D eigenvalue weighted by atomic mass is 10.3. The number of alkyl halides is 4. The van der Waals surface area contributed by atoms with Crippen LogP contribution in [0.1, 0.15) is 6.92 Å². The fourth-order valence-corrected chi connectivity index (χ4v) is 0.565. The Bertz CT molecular complexity index is 228. The lowest BCUT2D eigenvalue weighted by Crippen LogP contribution is -2.46. The van der Waals surface area contributed by atoms with Crippen molar-refractivity contribution in [2.45, 2.75) is 16.6 Å². The highest BCUT2D eigenvalue weighted by Crippen LogP contribution is 2.19. The third-order valence-corrected chi connectivity index (χ3v) is 1.46. The van der Waals surface area contributed by atoms with Crippen molar-refractivity contribution in [3.63, 3.8) is 0 Å². The predicted molar refractivity (Wildman–Crippen MR) is 45.5 cm³/mol. The Balaban J connectivity index is 4.33. The van der Waals surface area contributed by atoms with E-state index < -0.39 is 15.6 Å². The quantitative estimate of drug-likeness (QED) is 0.337. The lowest BCUT2D eigenvalue weighted by molar-refractivity contribution is -0.174. The number of amides is 1. The summed E-state index contributed by atoms with van der Waals surface area (Å²) < 4.78 is 33.6. The predicted octanol–water partition coefficient (Wildman–Crippen LogP) is 1.45. The summed E-state index contributed by atoms with van der Waals surface area (Å²) >= 11 is 1.53. The number of halogens is 4. The van der Waals surface area contributed by atoms with E-state index in [0.717, 1.165) is 0 Å². The van der Waals surface area contributed by atoms with Gasteiger partial charge in [0.05, 0.1) is 0 Å². The van der Waals surface area contributed by atoms with Crippen LogP contribution in [0.4, 0.5) is 13.2 Å². The lowest BCUT2D eigenvalue weighted by Gasteiger charge is -2.18. The van der Waals surface area contributed by atoms with Crippen molar-refractivity contribution in [1.29, 1.82) is 0 Å². The van der Waals surface area contributed by atoms with Gasteiger partial charge in [-0.05, 0) is 29.5 Å². The standard InChI is InChI=1S/C6H5F3INO/c1-3-5(2,10)11-4(12)6(7,8)9/h1H,2H3,(H,11,12). The first-order chi connectivity index (χ1) is 5.19. The zero-order valence-corrected chi connectivity index (χ0v) is 8.15. The first-order valence-electron chi connectivity index (χ1n) is 2.75. The van der Waals surface area contributed by atoms with Gasteiger partial charge in [0.25, 0.3) is 0 Å². The highest BCUT2D eigenvalue weighted by molar-refractivity contribution is 14.1. The number of hydrogen-bond donors (Lipinski definition) is 1. The van der Waals surface area contributed by atoms with Crippen LogP contribution in [0, 0.1) is 12.3 Å². The fraction of sp³-hybridized carbons (Fsp3) is 0.500. The van der Waals surface area contributed by atoms with Crippen LogP contribution in [-0.2, 0) is 4.79 Å². The Morgan fingerprint density at radius 1 is 1.58 bits per heavy atom. The second-order valence-corrected chi connectivity index (χ2v) is 4.26. The minimum absolute atomic E-state index is 1.29. The number of rotatable bonds is 1. The van der Waals surface area contributed by atoms with Gasteiger partial charge in [0.2, 0.25) is 0 Å². The van der Waals surface area contributed by atoms with Gasteiger partial charge in [-0.15, -0.1) is 6.42 Å². The monoisotopic (exact) mass is 291 g/mol. The maximum Gasteiger partial charge on any atom is 0.471 e. The Kier molecular flexibility index (Phi) is 3.38. The molecule has 0 spiro atoms. The van der Waals surface area contributed by atoms with Gasteiger partial charge in [-0.25, -0.2) is 0 Å². The molecule has 0 radical (unpaired) electrons. The minimum atomic E-state index is -4.89. The average Bonchev–Trinajstić information content (AvgIpc) is 1.85. The van der Waals surface area contributed by atoms with Gasteiger partial charge in [0, 0.05) is 0 Å². The van der Waals surface area contributed by atoms with E-state index in [-0.39, 0.29) is 0 Å². The summed E-state index contributed by atoms with van der Waals surface area (Å²) in [5.74, 6) is -0.0312. The van der Waals surface area contributed by atoms with Gasteiger partial charge in [-0.2, -0.15) is 13.2 Å². The molecule has 1 N–H and O–H groups in total. The van der Waals surface area contributed by atoms with Gasteiger partial charge in [0.15, 0.2) is 0 Å². The van der Waals surface area contributed by atoms with Gasteiger partial charge in [0.1, 0.15) is 3.55 Å². The zero-order valence-electron chi connectivity index (χ0n) is 6.00. The molecule has 0 aromatic carbocycles. The number of hydrogen-bond acceptors (Lipinski definition) is 1. The van der Waals surface area contributed by atoms with Crippen LogP contribution in [0.3, 0.4) is 0 Å². The molecule has 0 aromatic rings. The molecule has 0 bridgehead atoms. The molecule has 12 heavy (non-hydrogen) atoms. The van der Waals surface area contributed by atoms with Crippen molar-refractivity contribution in [2.75, 3.05) is 0 Å². The molecule has 0 aliphatic rings. The average molecular weight is 291 g/mol. The Hall–Kier alpha value is -0.450. The van der Waals surface area contributed by atoms with E-state index >= 15 is 0 Å². The van der Waals surface area contributed by atoms with Crippen molar-refractivity contribution in [3.8, 4) is 12.3 Å². The van der Waals surface area contributed by atoms with Crippen LogP contribution in [0.5, 0.6) is 0 Å². The molecule has 1 amide bonds. The van der Waals surface area contributed by atoms with Crippen molar-refractivity contribution in [2.24, 2.45) is 0 Å². The van der Waals surface area contributed by atoms with E-state index in [4.69, 9.17) is 6.42 Å². The summed E-state index contributed by atoms with van der Waals surface area (Å²) in [6.45, 7) is 1.29. The number of carbonyl (C=O) groups is 1. The van der Waals surface area contributed by atoms with Crippen LogP contribution in [0.15, 0.2) is 0 Å². The highest BCUT2D eigenvalue weighted by atomic mass is 127. The summed E-state index contributed by atoms with van der Waals surface area (Å²) in [7, 11) is 0. The third-order valence-electron chi connectivity index (χ3n) is 0.877. The largest absolute Gasteiger partial charge is 0.471 e. The minimum Gasteiger partial charge on any atom is -0.324 e.